The van der Waals surface area contributed by atoms with Crippen molar-refractivity contribution in [2.75, 3.05) is 13.6 Å². The monoisotopic (exact) mass is 511 g/mol. The average Bonchev–Trinajstić information content (AvgIpc) is 3.61. The maximum Gasteiger partial charge on any atom is 0.327 e. The lowest BCUT2D eigenvalue weighted by Crippen LogP contribution is -2.27. The molecule has 0 unspecified atom stereocenters. The van der Waals surface area contributed by atoms with Gasteiger partial charge >= 0.3 is 5.97 Å². The summed E-state index contributed by atoms with van der Waals surface area (Å²) in [6.45, 7) is 2.16. The predicted molar refractivity (Wildman–Crippen MR) is 136 cm³/mol. The number of aryl methyl sites for hydroxylation is 1. The molecule has 0 radical (unpaired) electrons. The van der Waals surface area contributed by atoms with Crippen LogP contribution >= 0.6 is 0 Å². The van der Waals surface area contributed by atoms with E-state index >= 15 is 0 Å². The molecule has 1 saturated carbocycles. The molecule has 1 fully saturated rings. The van der Waals surface area contributed by atoms with Gasteiger partial charge in [-0.3, -0.25) is 4.79 Å². The van der Waals surface area contributed by atoms with Crippen molar-refractivity contribution in [2.45, 2.75) is 44.3 Å². The molecule has 0 aliphatic heterocycles. The van der Waals surface area contributed by atoms with E-state index in [4.69, 9.17) is 9.52 Å². The van der Waals surface area contributed by atoms with Gasteiger partial charge in [-0.1, -0.05) is 35.9 Å². The van der Waals surface area contributed by atoms with E-state index in [2.05, 4.69) is 15.0 Å². The molecule has 0 spiro atoms. The van der Waals surface area contributed by atoms with E-state index in [9.17, 15) is 18.0 Å². The van der Waals surface area contributed by atoms with Crippen LogP contribution in [-0.2, 0) is 20.6 Å². The number of aliphatic carboxylic acids is 1. The van der Waals surface area contributed by atoms with E-state index in [1.165, 1.54) is 6.08 Å². The lowest BCUT2D eigenvalue weighted by Gasteiger charge is -2.10. The second kappa shape index (κ2) is 10.6. The second-order valence-electron chi connectivity index (χ2n) is 8.94. The molecule has 1 amide bonds. The van der Waals surface area contributed by atoms with E-state index in [0.29, 0.717) is 35.2 Å². The minimum Gasteiger partial charge on any atom is -0.478 e. The molecule has 10 heteroatoms. The first kappa shape index (κ1) is 25.6. The topological polar surface area (TPSA) is 139 Å². The summed E-state index contributed by atoms with van der Waals surface area (Å²) in [6, 6.07) is 9.47. The van der Waals surface area contributed by atoms with Crippen molar-refractivity contribution in [3.8, 4) is 11.3 Å². The fourth-order valence-electron chi connectivity index (χ4n) is 4.06. The number of nitrogens with zero attached hydrogens (tertiary/aromatic N) is 1. The number of carbonyl (C=O) groups is 2. The van der Waals surface area contributed by atoms with Crippen molar-refractivity contribution in [3.63, 3.8) is 0 Å². The molecule has 0 atom stereocenters. The summed E-state index contributed by atoms with van der Waals surface area (Å²) >= 11 is 0. The van der Waals surface area contributed by atoms with E-state index in [1.54, 1.807) is 7.05 Å². The summed E-state index contributed by atoms with van der Waals surface area (Å²) in [7, 11) is -2.14. The summed E-state index contributed by atoms with van der Waals surface area (Å²) in [5, 5.41) is 11.9. The molecule has 9 nitrogen and oxygen atoms in total. The van der Waals surface area contributed by atoms with Gasteiger partial charge in [0, 0.05) is 25.2 Å². The number of sulfonamides is 1. The summed E-state index contributed by atoms with van der Waals surface area (Å²) in [6.07, 6.45) is 5.31. The van der Waals surface area contributed by atoms with Crippen molar-refractivity contribution in [2.24, 2.45) is 0 Å². The largest absolute Gasteiger partial charge is 0.478 e. The summed E-state index contributed by atoms with van der Waals surface area (Å²) in [5.41, 5.74) is 3.64. The van der Waals surface area contributed by atoms with Crippen molar-refractivity contribution in [1.82, 2.24) is 15.0 Å². The number of amides is 1. The third-order valence-corrected chi connectivity index (χ3v) is 7.33. The Hall–Kier alpha value is -3.50. The highest BCUT2D eigenvalue weighted by molar-refractivity contribution is 7.88. The quantitative estimate of drug-likeness (QED) is 0.262. The predicted octanol–water partition coefficient (Wildman–Crippen LogP) is 3.88. The van der Waals surface area contributed by atoms with Crippen LogP contribution in [0.3, 0.4) is 0 Å². The number of nitrogens with one attached hydrogen (secondary N) is 2. The molecule has 4 rings (SSSR count). The number of carbonyl (C=O) groups excluding carboxylic acids is 1. The number of fused-ring (bicyclic) bond motifs is 1. The highest BCUT2D eigenvalue weighted by Gasteiger charge is 2.31. The van der Waals surface area contributed by atoms with Crippen LogP contribution in [0.15, 0.2) is 46.9 Å². The Morgan fingerprint density at radius 3 is 2.58 bits per heavy atom. The summed E-state index contributed by atoms with van der Waals surface area (Å²) < 4.78 is 34.2. The number of aromatic nitrogens is 1. The average molecular weight is 512 g/mol. The van der Waals surface area contributed by atoms with Crippen LogP contribution in [0, 0.1) is 6.92 Å². The minimum atomic E-state index is -3.69. The Bertz CT molecular complexity index is 1420. The van der Waals surface area contributed by atoms with Gasteiger partial charge in [0.1, 0.15) is 11.5 Å². The number of allylic oxidation sites excluding steroid dienone is 1. The normalized spacial score (nSPS) is 13.9. The van der Waals surface area contributed by atoms with Crippen molar-refractivity contribution in [3.05, 3.63) is 64.9 Å². The van der Waals surface area contributed by atoms with E-state index in [-0.39, 0.29) is 29.8 Å². The lowest BCUT2D eigenvalue weighted by atomic mass is 10.0. The van der Waals surface area contributed by atoms with E-state index in [1.807, 2.05) is 37.3 Å². The van der Waals surface area contributed by atoms with Crippen LogP contribution in [0.5, 0.6) is 0 Å². The number of hydrogen-bond acceptors (Lipinski definition) is 6. The Kier molecular flexibility index (Phi) is 7.56. The van der Waals surface area contributed by atoms with Crippen LogP contribution in [-0.4, -0.2) is 44.0 Å². The number of hydrogen-bond donors (Lipinski definition) is 3. The molecular formula is C26H29N3O6S. The smallest absolute Gasteiger partial charge is 0.327 e. The third-order valence-electron chi connectivity index (χ3n) is 6.04. The van der Waals surface area contributed by atoms with Crippen molar-refractivity contribution >= 4 is 33.0 Å². The number of rotatable bonds is 11. The maximum absolute atomic E-state index is 12.8. The summed E-state index contributed by atoms with van der Waals surface area (Å²) in [5.74, 6) is -1.05. The minimum absolute atomic E-state index is 0.187. The number of carboxylic acid groups (broad SMARTS) is 1. The summed E-state index contributed by atoms with van der Waals surface area (Å²) in [4.78, 5) is 28.0. The van der Waals surface area contributed by atoms with Crippen LogP contribution in [0.4, 0.5) is 0 Å². The van der Waals surface area contributed by atoms with Gasteiger partial charge in [0.05, 0.1) is 16.6 Å². The van der Waals surface area contributed by atoms with Gasteiger partial charge in [-0.15, -0.1) is 0 Å². The first-order chi connectivity index (χ1) is 17.2. The van der Waals surface area contributed by atoms with Crippen LogP contribution in [0.25, 0.3) is 22.4 Å². The molecule has 0 saturated heterocycles. The zero-order chi connectivity index (χ0) is 25.9. The molecule has 3 aromatic rings. The molecule has 1 aliphatic rings. The highest BCUT2D eigenvalue weighted by atomic mass is 32.2. The molecular weight excluding hydrogens is 482 g/mol. The Morgan fingerprint density at radius 1 is 1.22 bits per heavy atom. The van der Waals surface area contributed by atoms with Gasteiger partial charge < -0.3 is 14.8 Å². The zero-order valence-electron chi connectivity index (χ0n) is 20.2. The van der Waals surface area contributed by atoms with E-state index in [0.717, 1.165) is 35.6 Å². The third kappa shape index (κ3) is 6.00. The first-order valence-corrected chi connectivity index (χ1v) is 13.5. The number of benzene rings is 1. The maximum atomic E-state index is 12.8. The lowest BCUT2D eigenvalue weighted by molar-refractivity contribution is -0.131. The first-order valence-electron chi connectivity index (χ1n) is 11.8. The van der Waals surface area contributed by atoms with Crippen LogP contribution < -0.4 is 10.0 Å². The molecule has 1 aromatic carbocycles. The second-order valence-corrected chi connectivity index (χ2v) is 10.7. The number of carboxylic acids is 1. The highest BCUT2D eigenvalue weighted by Crippen LogP contribution is 2.44. The fraction of sp³-hybridized carbons (Fsp3) is 0.346. The van der Waals surface area contributed by atoms with Crippen molar-refractivity contribution in [1.29, 1.82) is 0 Å². The van der Waals surface area contributed by atoms with Gasteiger partial charge in [-0.05, 0) is 50.2 Å². The Labute approximate surface area is 209 Å². The fourth-order valence-corrected chi connectivity index (χ4v) is 5.21. The van der Waals surface area contributed by atoms with Gasteiger partial charge in [0.2, 0.25) is 15.7 Å². The van der Waals surface area contributed by atoms with Gasteiger partial charge in [-0.25, -0.2) is 22.9 Å². The van der Waals surface area contributed by atoms with E-state index < -0.39 is 16.0 Å². The molecule has 36 heavy (non-hydrogen) atoms. The molecule has 190 valence electrons. The number of unbranched alkanes of at least 4 members (excludes halogenated alkanes) is 1. The Morgan fingerprint density at radius 2 is 1.94 bits per heavy atom. The molecule has 3 N–H and O–H groups in total. The van der Waals surface area contributed by atoms with Gasteiger partial charge in [0.15, 0.2) is 0 Å². The molecule has 2 heterocycles. The molecule has 0 bridgehead atoms. The standard InChI is InChI=1S/C26H29N3O6S/c1-16-7-9-18(10-8-16)24-23(25(32)27-2)20-14-19(17-11-12-17)21(29-26(20)35-24)15-36(33,34)28-13-5-3-4-6-22(30)31/h4,6-10,14,17,28H,3,5,11-13,15H2,1-2H3,(H,27,32)(H,30,31)/b6-4+. The molecule has 2 aromatic heterocycles. The van der Waals surface area contributed by atoms with Gasteiger partial charge in [0.25, 0.3) is 5.91 Å². The van der Waals surface area contributed by atoms with Crippen LogP contribution in [0.1, 0.15) is 58.8 Å². The SMILES string of the molecule is CNC(=O)c1c(-c2ccc(C)cc2)oc2nc(CS(=O)(=O)NCCC/C=C/C(=O)O)c(C3CC3)cc12. The zero-order valence-corrected chi connectivity index (χ0v) is 21.0. The van der Waals surface area contributed by atoms with Gasteiger partial charge in [-0.2, -0.15) is 0 Å². The Balaban J connectivity index is 1.65. The van der Waals surface area contributed by atoms with Crippen molar-refractivity contribution < 1.29 is 27.5 Å². The number of furan rings is 1. The number of pyridine rings is 1. The van der Waals surface area contributed by atoms with Crippen LogP contribution in [0.2, 0.25) is 0 Å². The molecule has 1 aliphatic carbocycles.